The van der Waals surface area contributed by atoms with E-state index in [1.165, 1.54) is 7.11 Å². The molecule has 0 aromatic rings. The van der Waals surface area contributed by atoms with Crippen LogP contribution in [-0.2, 0) is 14.3 Å². The molecule has 0 aromatic heterocycles. The minimum absolute atomic E-state index is 0.0945. The maximum absolute atomic E-state index is 11.5. The van der Waals surface area contributed by atoms with Crippen LogP contribution in [-0.4, -0.2) is 57.9 Å². The average molecular weight is 204 g/mol. The van der Waals surface area contributed by atoms with Gasteiger partial charge in [0, 0.05) is 34.4 Å². The summed E-state index contributed by atoms with van der Waals surface area (Å²) in [6, 6.07) is -0.562. The van der Waals surface area contributed by atoms with Gasteiger partial charge in [-0.2, -0.15) is 0 Å². The molecule has 14 heavy (non-hydrogen) atoms. The van der Waals surface area contributed by atoms with Gasteiger partial charge in [-0.05, 0) is 6.42 Å². The second-order valence-corrected chi connectivity index (χ2v) is 3.17. The summed E-state index contributed by atoms with van der Waals surface area (Å²) in [5.41, 5.74) is 5.59. The molecular weight excluding hydrogens is 184 g/mol. The van der Waals surface area contributed by atoms with Gasteiger partial charge in [-0.1, -0.05) is 0 Å². The predicted octanol–water partition coefficient (Wildman–Crippen LogP) is -0.545. The molecule has 84 valence electrons. The number of carbonyl (C=O) groups excluding carboxylic acids is 1. The van der Waals surface area contributed by atoms with Crippen LogP contribution in [0.4, 0.5) is 0 Å². The Hall–Kier alpha value is -0.650. The molecule has 0 fully saturated rings. The number of nitrogens with two attached hydrogens (primary N) is 1. The Bertz CT molecular complexity index is 164. The van der Waals surface area contributed by atoms with Crippen LogP contribution in [0, 0.1) is 0 Å². The molecule has 0 bridgehead atoms. The van der Waals surface area contributed by atoms with E-state index in [1.54, 1.807) is 19.1 Å². The molecular formula is C9H20N2O3. The topological polar surface area (TPSA) is 64.8 Å². The summed E-state index contributed by atoms with van der Waals surface area (Å²) in [7, 11) is 4.89. The van der Waals surface area contributed by atoms with E-state index >= 15 is 0 Å². The first kappa shape index (κ1) is 13.4. The molecule has 5 heteroatoms. The van der Waals surface area contributed by atoms with Crippen molar-refractivity contribution >= 4 is 5.91 Å². The van der Waals surface area contributed by atoms with Crippen LogP contribution in [0.5, 0.6) is 0 Å². The third-order valence-corrected chi connectivity index (χ3v) is 1.88. The Balaban J connectivity index is 3.74. The van der Waals surface area contributed by atoms with Crippen LogP contribution in [0.2, 0.25) is 0 Å². The first-order valence-corrected chi connectivity index (χ1v) is 4.62. The van der Waals surface area contributed by atoms with Gasteiger partial charge in [0.15, 0.2) is 0 Å². The Labute approximate surface area is 85.1 Å². The molecule has 0 rings (SSSR count). The van der Waals surface area contributed by atoms with Crippen LogP contribution < -0.4 is 5.73 Å². The first-order valence-electron chi connectivity index (χ1n) is 4.62. The van der Waals surface area contributed by atoms with Crippen molar-refractivity contribution in [3.05, 3.63) is 0 Å². The van der Waals surface area contributed by atoms with Crippen LogP contribution in [0.3, 0.4) is 0 Å². The zero-order valence-corrected chi connectivity index (χ0v) is 9.16. The summed E-state index contributed by atoms with van der Waals surface area (Å²) < 4.78 is 9.69. The Kier molecular flexibility index (Phi) is 7.37. The highest BCUT2D eigenvalue weighted by atomic mass is 16.5. The van der Waals surface area contributed by atoms with Gasteiger partial charge in [-0.3, -0.25) is 4.79 Å². The third-order valence-electron chi connectivity index (χ3n) is 1.88. The number of rotatable bonds is 7. The maximum Gasteiger partial charge on any atom is 0.241 e. The van der Waals surface area contributed by atoms with Gasteiger partial charge in [0.1, 0.15) is 6.04 Å². The molecule has 0 aliphatic carbocycles. The molecule has 1 unspecified atom stereocenters. The standard InChI is InChI=1S/C9H20N2O3/c1-11(5-4-6-13-2)9(12)8(10)7-14-3/h8H,4-7,10H2,1-3H3. The Morgan fingerprint density at radius 1 is 1.43 bits per heavy atom. The lowest BCUT2D eigenvalue weighted by atomic mass is 10.3. The number of likely N-dealkylation sites (N-methyl/N-ethyl adjacent to an activating group) is 1. The van der Waals surface area contributed by atoms with Gasteiger partial charge < -0.3 is 20.1 Å². The third kappa shape index (κ3) is 5.16. The summed E-state index contributed by atoms with van der Waals surface area (Å²) in [6.07, 6.45) is 0.818. The fourth-order valence-electron chi connectivity index (χ4n) is 1.09. The molecule has 0 aliphatic heterocycles. The highest BCUT2D eigenvalue weighted by Crippen LogP contribution is 1.93. The molecule has 0 radical (unpaired) electrons. The van der Waals surface area contributed by atoms with E-state index in [-0.39, 0.29) is 12.5 Å². The van der Waals surface area contributed by atoms with E-state index in [2.05, 4.69) is 0 Å². The molecule has 0 aromatic carbocycles. The molecule has 0 aliphatic rings. The van der Waals surface area contributed by atoms with E-state index in [1.807, 2.05) is 0 Å². The number of methoxy groups -OCH3 is 2. The van der Waals surface area contributed by atoms with Crippen molar-refractivity contribution in [2.24, 2.45) is 5.73 Å². The minimum atomic E-state index is -0.562. The Morgan fingerprint density at radius 2 is 2.07 bits per heavy atom. The van der Waals surface area contributed by atoms with E-state index in [9.17, 15) is 4.79 Å². The number of carbonyl (C=O) groups is 1. The predicted molar refractivity (Wildman–Crippen MR) is 54.0 cm³/mol. The largest absolute Gasteiger partial charge is 0.385 e. The van der Waals surface area contributed by atoms with Crippen molar-refractivity contribution in [1.82, 2.24) is 4.90 Å². The van der Waals surface area contributed by atoms with Gasteiger partial charge in [-0.25, -0.2) is 0 Å². The van der Waals surface area contributed by atoms with Crippen LogP contribution >= 0.6 is 0 Å². The summed E-state index contributed by atoms with van der Waals surface area (Å²) in [5.74, 6) is -0.0945. The number of hydrogen-bond acceptors (Lipinski definition) is 4. The molecule has 0 saturated heterocycles. The lowest BCUT2D eigenvalue weighted by molar-refractivity contribution is -0.132. The molecule has 0 spiro atoms. The molecule has 2 N–H and O–H groups in total. The maximum atomic E-state index is 11.5. The zero-order valence-electron chi connectivity index (χ0n) is 9.16. The summed E-state index contributed by atoms with van der Waals surface area (Å²) in [4.78, 5) is 13.1. The number of ether oxygens (including phenoxy) is 2. The molecule has 5 nitrogen and oxygen atoms in total. The quantitative estimate of drug-likeness (QED) is 0.565. The number of hydrogen-bond donors (Lipinski definition) is 1. The van der Waals surface area contributed by atoms with E-state index in [0.29, 0.717) is 13.2 Å². The minimum Gasteiger partial charge on any atom is -0.385 e. The van der Waals surface area contributed by atoms with Crippen molar-refractivity contribution in [2.75, 3.05) is 41.0 Å². The number of nitrogens with zero attached hydrogens (tertiary/aromatic N) is 1. The molecule has 0 heterocycles. The van der Waals surface area contributed by atoms with Crippen LogP contribution in [0.15, 0.2) is 0 Å². The number of amides is 1. The van der Waals surface area contributed by atoms with Gasteiger partial charge in [0.25, 0.3) is 0 Å². The SMILES string of the molecule is COCCCN(C)C(=O)C(N)COC. The molecule has 1 atom stereocenters. The molecule has 1 amide bonds. The summed E-state index contributed by atoms with van der Waals surface area (Å²) in [6.45, 7) is 1.56. The highest BCUT2D eigenvalue weighted by molar-refractivity contribution is 5.81. The summed E-state index contributed by atoms with van der Waals surface area (Å²) in [5, 5.41) is 0. The second kappa shape index (κ2) is 7.73. The fraction of sp³-hybridized carbons (Fsp3) is 0.889. The van der Waals surface area contributed by atoms with Gasteiger partial charge in [-0.15, -0.1) is 0 Å². The smallest absolute Gasteiger partial charge is 0.241 e. The van der Waals surface area contributed by atoms with Gasteiger partial charge in [0.05, 0.1) is 6.61 Å². The van der Waals surface area contributed by atoms with Crippen molar-refractivity contribution in [3.8, 4) is 0 Å². The monoisotopic (exact) mass is 204 g/mol. The average Bonchev–Trinajstić information content (AvgIpc) is 2.17. The highest BCUT2D eigenvalue weighted by Gasteiger charge is 2.16. The second-order valence-electron chi connectivity index (χ2n) is 3.17. The van der Waals surface area contributed by atoms with Crippen molar-refractivity contribution in [1.29, 1.82) is 0 Å². The summed E-state index contributed by atoms with van der Waals surface area (Å²) >= 11 is 0. The van der Waals surface area contributed by atoms with Crippen molar-refractivity contribution in [2.45, 2.75) is 12.5 Å². The van der Waals surface area contributed by atoms with E-state index in [4.69, 9.17) is 15.2 Å². The van der Waals surface area contributed by atoms with E-state index < -0.39 is 6.04 Å². The van der Waals surface area contributed by atoms with Gasteiger partial charge in [0.2, 0.25) is 5.91 Å². The van der Waals surface area contributed by atoms with E-state index in [0.717, 1.165) is 6.42 Å². The normalized spacial score (nSPS) is 12.6. The zero-order chi connectivity index (χ0) is 11.0. The van der Waals surface area contributed by atoms with Crippen LogP contribution in [0.1, 0.15) is 6.42 Å². The molecule has 0 saturated carbocycles. The Morgan fingerprint density at radius 3 is 2.57 bits per heavy atom. The lowest BCUT2D eigenvalue weighted by Crippen LogP contribution is -2.44. The first-order chi connectivity index (χ1) is 6.63. The fourth-order valence-corrected chi connectivity index (χ4v) is 1.09. The van der Waals surface area contributed by atoms with Crippen LogP contribution in [0.25, 0.3) is 0 Å². The van der Waals surface area contributed by atoms with Crippen molar-refractivity contribution < 1.29 is 14.3 Å². The lowest BCUT2D eigenvalue weighted by Gasteiger charge is -2.20. The van der Waals surface area contributed by atoms with Crippen molar-refractivity contribution in [3.63, 3.8) is 0 Å². The van der Waals surface area contributed by atoms with Gasteiger partial charge >= 0.3 is 0 Å².